The maximum atomic E-state index is 12.5. The largest absolute Gasteiger partial charge is 0.493 e. The molecule has 0 aliphatic heterocycles. The fourth-order valence-electron chi connectivity index (χ4n) is 3.02. The molecule has 0 aliphatic carbocycles. The second kappa shape index (κ2) is 9.53. The number of carbonyl (C=O) groups excluding carboxylic acids is 1. The molecule has 3 aromatic carbocycles. The normalized spacial score (nSPS) is 10.5. The van der Waals surface area contributed by atoms with Gasteiger partial charge < -0.3 is 14.8 Å². The summed E-state index contributed by atoms with van der Waals surface area (Å²) in [5.41, 5.74) is 3.30. The van der Waals surface area contributed by atoms with E-state index in [0.717, 1.165) is 16.7 Å². The van der Waals surface area contributed by atoms with Gasteiger partial charge in [0.25, 0.3) is 5.91 Å². The lowest BCUT2D eigenvalue weighted by molar-refractivity contribution is 0.0951. The van der Waals surface area contributed by atoms with Crippen LogP contribution in [-0.4, -0.2) is 33.6 Å². The average molecular weight is 415 g/mol. The van der Waals surface area contributed by atoms with Crippen LogP contribution in [0.15, 0.2) is 72.8 Å². The summed E-state index contributed by atoms with van der Waals surface area (Å²) in [4.78, 5) is 12.5. The lowest BCUT2D eigenvalue weighted by atomic mass is 10.1. The molecule has 0 aliphatic rings. The Morgan fingerprint density at radius 1 is 0.968 bits per heavy atom. The molecule has 0 bridgehead atoms. The van der Waals surface area contributed by atoms with Crippen molar-refractivity contribution in [3.8, 4) is 22.9 Å². The van der Waals surface area contributed by atoms with Crippen LogP contribution >= 0.6 is 0 Å². The highest BCUT2D eigenvalue weighted by atomic mass is 16.5. The summed E-state index contributed by atoms with van der Waals surface area (Å²) >= 11 is 0. The number of rotatable bonds is 8. The highest BCUT2D eigenvalue weighted by Gasteiger charge is 2.10. The number of H-pyrrole nitrogens is 1. The zero-order chi connectivity index (χ0) is 21.5. The molecule has 1 amide bonds. The number of aromatic amines is 1. The van der Waals surface area contributed by atoms with Crippen LogP contribution in [0.4, 0.5) is 0 Å². The number of carbonyl (C=O) groups is 1. The van der Waals surface area contributed by atoms with Gasteiger partial charge in [-0.3, -0.25) is 4.79 Å². The third kappa shape index (κ3) is 5.05. The van der Waals surface area contributed by atoms with Crippen LogP contribution < -0.4 is 14.8 Å². The van der Waals surface area contributed by atoms with E-state index in [1.54, 1.807) is 31.4 Å². The Hall–Kier alpha value is -4.20. The maximum absolute atomic E-state index is 12.5. The summed E-state index contributed by atoms with van der Waals surface area (Å²) in [5, 5.41) is 16.7. The number of tetrazole rings is 1. The Labute approximate surface area is 179 Å². The first kappa shape index (κ1) is 20.1. The van der Waals surface area contributed by atoms with Crippen LogP contribution in [0.3, 0.4) is 0 Å². The molecule has 4 rings (SSSR count). The van der Waals surface area contributed by atoms with Crippen molar-refractivity contribution in [2.24, 2.45) is 0 Å². The van der Waals surface area contributed by atoms with Crippen LogP contribution in [0.5, 0.6) is 11.5 Å². The summed E-state index contributed by atoms with van der Waals surface area (Å²) in [6.07, 6.45) is 0. The van der Waals surface area contributed by atoms with Gasteiger partial charge in [-0.05, 0) is 40.6 Å². The van der Waals surface area contributed by atoms with E-state index < -0.39 is 0 Å². The minimum atomic E-state index is -0.178. The van der Waals surface area contributed by atoms with Gasteiger partial charge >= 0.3 is 0 Å². The number of nitrogens with one attached hydrogen (secondary N) is 2. The molecular formula is C23H21N5O3. The lowest BCUT2D eigenvalue weighted by Crippen LogP contribution is -2.22. The molecule has 0 saturated heterocycles. The van der Waals surface area contributed by atoms with Crippen LogP contribution in [0.25, 0.3) is 11.4 Å². The van der Waals surface area contributed by atoms with Gasteiger partial charge in [0.1, 0.15) is 6.61 Å². The van der Waals surface area contributed by atoms with Gasteiger partial charge in [0.15, 0.2) is 11.5 Å². The third-order valence-electron chi connectivity index (χ3n) is 4.67. The molecule has 0 radical (unpaired) electrons. The second-order valence-electron chi connectivity index (χ2n) is 6.75. The predicted molar refractivity (Wildman–Crippen MR) is 115 cm³/mol. The molecular weight excluding hydrogens is 394 g/mol. The van der Waals surface area contributed by atoms with Gasteiger partial charge in [0.05, 0.1) is 7.11 Å². The minimum Gasteiger partial charge on any atom is -0.493 e. The number of aromatic nitrogens is 4. The van der Waals surface area contributed by atoms with Crippen LogP contribution in [0.1, 0.15) is 21.5 Å². The van der Waals surface area contributed by atoms with E-state index in [1.165, 1.54) is 0 Å². The first-order chi connectivity index (χ1) is 15.2. The number of hydrogen-bond acceptors (Lipinski definition) is 6. The number of methoxy groups -OCH3 is 1. The summed E-state index contributed by atoms with van der Waals surface area (Å²) < 4.78 is 11.3. The standard InChI is InChI=1S/C23H21N5O3/c1-30-21-13-17(7-12-20(21)31-15-16-5-3-2-4-6-16)14-24-23(29)19-10-8-18(9-11-19)22-25-27-28-26-22/h2-13H,14-15H2,1H3,(H,24,29)(H,25,26,27,28). The van der Waals surface area contributed by atoms with Gasteiger partial charge in [-0.1, -0.05) is 48.5 Å². The van der Waals surface area contributed by atoms with Crippen LogP contribution in [0.2, 0.25) is 0 Å². The van der Waals surface area contributed by atoms with Crippen LogP contribution in [-0.2, 0) is 13.2 Å². The van der Waals surface area contributed by atoms with Crippen molar-refractivity contribution >= 4 is 5.91 Å². The van der Waals surface area contributed by atoms with E-state index >= 15 is 0 Å². The second-order valence-corrected chi connectivity index (χ2v) is 6.75. The van der Waals surface area contributed by atoms with Crippen molar-refractivity contribution in [1.29, 1.82) is 0 Å². The molecule has 0 unspecified atom stereocenters. The Balaban J connectivity index is 1.36. The Morgan fingerprint density at radius 3 is 2.48 bits per heavy atom. The number of amides is 1. The quantitative estimate of drug-likeness (QED) is 0.457. The highest BCUT2D eigenvalue weighted by molar-refractivity contribution is 5.94. The number of ether oxygens (including phenoxy) is 2. The fourth-order valence-corrected chi connectivity index (χ4v) is 3.02. The maximum Gasteiger partial charge on any atom is 0.251 e. The average Bonchev–Trinajstić information content (AvgIpc) is 3.37. The van der Waals surface area contributed by atoms with E-state index in [1.807, 2.05) is 48.5 Å². The molecule has 2 N–H and O–H groups in total. The molecule has 0 saturated carbocycles. The molecule has 8 heteroatoms. The molecule has 1 heterocycles. The SMILES string of the molecule is COc1cc(CNC(=O)c2ccc(-c3nn[nH]n3)cc2)ccc1OCc1ccccc1. The van der Waals surface area contributed by atoms with Gasteiger partial charge in [-0.25, -0.2) is 0 Å². The Morgan fingerprint density at radius 2 is 1.77 bits per heavy atom. The van der Waals surface area contributed by atoms with Gasteiger partial charge in [0, 0.05) is 17.7 Å². The topological polar surface area (TPSA) is 102 Å². The van der Waals surface area contributed by atoms with E-state index in [9.17, 15) is 4.79 Å². The summed E-state index contributed by atoms with van der Waals surface area (Å²) in [5.74, 6) is 1.57. The first-order valence-corrected chi connectivity index (χ1v) is 9.68. The van der Waals surface area contributed by atoms with Crippen molar-refractivity contribution in [1.82, 2.24) is 25.9 Å². The van der Waals surface area contributed by atoms with E-state index in [-0.39, 0.29) is 5.91 Å². The Kier molecular flexibility index (Phi) is 6.18. The molecule has 8 nitrogen and oxygen atoms in total. The summed E-state index contributed by atoms with van der Waals surface area (Å²) in [7, 11) is 1.60. The highest BCUT2D eigenvalue weighted by Crippen LogP contribution is 2.29. The van der Waals surface area contributed by atoms with Gasteiger partial charge in [0.2, 0.25) is 5.82 Å². The third-order valence-corrected chi connectivity index (χ3v) is 4.67. The zero-order valence-electron chi connectivity index (χ0n) is 16.9. The summed E-state index contributed by atoms with van der Waals surface area (Å²) in [6.45, 7) is 0.813. The molecule has 31 heavy (non-hydrogen) atoms. The number of benzene rings is 3. The van der Waals surface area contributed by atoms with Crippen molar-refractivity contribution in [2.45, 2.75) is 13.2 Å². The molecule has 1 aromatic heterocycles. The van der Waals surface area contributed by atoms with Gasteiger partial charge in [-0.2, -0.15) is 5.21 Å². The monoisotopic (exact) mass is 415 g/mol. The molecule has 0 fully saturated rings. The molecule has 0 atom stereocenters. The van der Waals surface area contributed by atoms with E-state index in [4.69, 9.17) is 9.47 Å². The Bertz CT molecular complexity index is 1130. The number of hydrogen-bond donors (Lipinski definition) is 2. The molecule has 4 aromatic rings. The minimum absolute atomic E-state index is 0.178. The van der Waals surface area contributed by atoms with E-state index in [0.29, 0.717) is 36.0 Å². The molecule has 156 valence electrons. The number of nitrogens with zero attached hydrogens (tertiary/aromatic N) is 3. The predicted octanol–water partition coefficient (Wildman–Crippen LogP) is 3.38. The van der Waals surface area contributed by atoms with Gasteiger partial charge in [-0.15, -0.1) is 10.2 Å². The van der Waals surface area contributed by atoms with Crippen LogP contribution in [0, 0.1) is 0 Å². The first-order valence-electron chi connectivity index (χ1n) is 9.68. The fraction of sp³-hybridized carbons (Fsp3) is 0.130. The van der Waals surface area contributed by atoms with Crippen molar-refractivity contribution < 1.29 is 14.3 Å². The molecule has 0 spiro atoms. The van der Waals surface area contributed by atoms with Crippen molar-refractivity contribution in [3.63, 3.8) is 0 Å². The van der Waals surface area contributed by atoms with Crippen molar-refractivity contribution in [2.75, 3.05) is 7.11 Å². The summed E-state index contributed by atoms with van der Waals surface area (Å²) in [6, 6.07) is 22.5. The zero-order valence-corrected chi connectivity index (χ0v) is 16.9. The smallest absolute Gasteiger partial charge is 0.251 e. The lowest BCUT2D eigenvalue weighted by Gasteiger charge is -2.13. The van der Waals surface area contributed by atoms with Crippen molar-refractivity contribution in [3.05, 3.63) is 89.5 Å². The van der Waals surface area contributed by atoms with E-state index in [2.05, 4.69) is 25.9 Å².